The van der Waals surface area contributed by atoms with Gasteiger partial charge in [-0.15, -0.1) is 11.8 Å². The predicted octanol–water partition coefficient (Wildman–Crippen LogP) is 6.03. The maximum Gasteiger partial charge on any atom is 0.343 e. The fourth-order valence-corrected chi connectivity index (χ4v) is 3.82. The quantitative estimate of drug-likeness (QED) is 0.107. The third-order valence-electron chi connectivity index (χ3n) is 4.84. The van der Waals surface area contributed by atoms with Crippen LogP contribution in [0.3, 0.4) is 0 Å². The topological polar surface area (TPSA) is 78.9 Å². The van der Waals surface area contributed by atoms with Crippen LogP contribution >= 0.6 is 11.8 Å². The van der Waals surface area contributed by atoms with Gasteiger partial charge in [0.1, 0.15) is 11.5 Å². The second-order valence-corrected chi connectivity index (χ2v) is 8.74. The smallest absolute Gasteiger partial charge is 0.343 e. The molecule has 0 saturated carbocycles. The lowest BCUT2D eigenvalue weighted by atomic mass is 10.2. The van der Waals surface area contributed by atoms with Crippen molar-refractivity contribution >= 4 is 29.7 Å². The molecule has 3 aromatic carbocycles. The van der Waals surface area contributed by atoms with Crippen LogP contribution in [0.5, 0.6) is 11.5 Å². The van der Waals surface area contributed by atoms with E-state index in [1.54, 1.807) is 60.3 Å². The molecule has 0 atom stereocenters. The van der Waals surface area contributed by atoms with Crippen molar-refractivity contribution in [2.24, 2.45) is 0 Å². The van der Waals surface area contributed by atoms with E-state index in [0.717, 1.165) is 35.1 Å². The van der Waals surface area contributed by atoms with Crippen LogP contribution in [0, 0.1) is 6.92 Å². The van der Waals surface area contributed by atoms with Gasteiger partial charge in [0.05, 0.1) is 17.7 Å². The molecular weight excluding hydrogens is 464 g/mol. The van der Waals surface area contributed by atoms with Crippen LogP contribution in [-0.2, 0) is 9.53 Å². The summed E-state index contributed by atoms with van der Waals surface area (Å²) in [5.74, 6) is 0.285. The number of aryl methyl sites for hydroxylation is 1. The largest absolute Gasteiger partial charge is 0.463 e. The molecule has 180 valence electrons. The van der Waals surface area contributed by atoms with E-state index in [0.29, 0.717) is 29.2 Å². The lowest BCUT2D eigenvalue weighted by Crippen LogP contribution is -2.10. The van der Waals surface area contributed by atoms with Gasteiger partial charge in [0.25, 0.3) is 0 Å². The van der Waals surface area contributed by atoms with Crippen molar-refractivity contribution in [3.8, 4) is 11.5 Å². The van der Waals surface area contributed by atoms with Crippen LogP contribution in [0.15, 0.2) is 90.3 Å². The minimum atomic E-state index is -0.488. The fourth-order valence-electron chi connectivity index (χ4n) is 2.91. The molecule has 0 heterocycles. The number of esters is 3. The molecule has 0 unspecified atom stereocenters. The molecule has 0 N–H and O–H groups in total. The molecule has 35 heavy (non-hydrogen) atoms. The molecule has 0 fully saturated rings. The predicted molar refractivity (Wildman–Crippen MR) is 135 cm³/mol. The number of unbranched alkanes of at least 4 members (excludes halogenated alkanes) is 1. The van der Waals surface area contributed by atoms with Gasteiger partial charge in [0.15, 0.2) is 0 Å². The second kappa shape index (κ2) is 13.2. The van der Waals surface area contributed by atoms with E-state index < -0.39 is 17.9 Å². The first-order valence-corrected chi connectivity index (χ1v) is 12.1. The number of ether oxygens (including phenoxy) is 3. The van der Waals surface area contributed by atoms with Crippen molar-refractivity contribution in [3.05, 3.63) is 102 Å². The molecular formula is C28H26O6S. The summed E-state index contributed by atoms with van der Waals surface area (Å²) < 4.78 is 15.7. The molecule has 0 saturated heterocycles. The van der Waals surface area contributed by atoms with Crippen LogP contribution in [-0.4, -0.2) is 30.3 Å². The van der Waals surface area contributed by atoms with E-state index in [2.05, 4.69) is 6.58 Å². The maximum atomic E-state index is 12.5. The SMILES string of the molecule is C=CC(=O)OCCCCSc1ccc(C(=O)Oc2ccc(C(=O)Oc3ccc(C)cc3)cc2)cc1. The zero-order chi connectivity index (χ0) is 25.0. The van der Waals surface area contributed by atoms with Gasteiger partial charge in [-0.3, -0.25) is 0 Å². The molecule has 0 bridgehead atoms. The van der Waals surface area contributed by atoms with Gasteiger partial charge >= 0.3 is 17.9 Å². The summed E-state index contributed by atoms with van der Waals surface area (Å²) in [6.45, 7) is 5.69. The van der Waals surface area contributed by atoms with Gasteiger partial charge in [0, 0.05) is 11.0 Å². The van der Waals surface area contributed by atoms with Gasteiger partial charge in [-0.25, -0.2) is 14.4 Å². The van der Waals surface area contributed by atoms with E-state index in [9.17, 15) is 14.4 Å². The van der Waals surface area contributed by atoms with E-state index in [-0.39, 0.29) is 0 Å². The Kier molecular flexibility index (Phi) is 9.69. The Balaban J connectivity index is 1.44. The van der Waals surface area contributed by atoms with Crippen LogP contribution < -0.4 is 9.47 Å². The number of carbonyl (C=O) groups excluding carboxylic acids is 3. The second-order valence-electron chi connectivity index (χ2n) is 7.57. The summed E-state index contributed by atoms with van der Waals surface area (Å²) in [6.07, 6.45) is 2.83. The molecule has 0 amide bonds. The Hall–Kier alpha value is -3.84. The highest BCUT2D eigenvalue weighted by Gasteiger charge is 2.12. The first-order valence-electron chi connectivity index (χ1n) is 11.1. The first-order chi connectivity index (χ1) is 16.9. The van der Waals surface area contributed by atoms with Gasteiger partial charge in [-0.05, 0) is 86.2 Å². The van der Waals surface area contributed by atoms with Gasteiger partial charge in [-0.2, -0.15) is 0 Å². The molecule has 7 heteroatoms. The average molecular weight is 491 g/mol. The molecule has 0 aliphatic rings. The highest BCUT2D eigenvalue weighted by molar-refractivity contribution is 7.99. The van der Waals surface area contributed by atoms with Crippen LogP contribution in [0.1, 0.15) is 39.1 Å². The molecule has 6 nitrogen and oxygen atoms in total. The Morgan fingerprint density at radius 1 is 0.771 bits per heavy atom. The summed E-state index contributed by atoms with van der Waals surface area (Å²) in [7, 11) is 0. The standard InChI is InChI=1S/C28H26O6S/c1-3-26(29)32-18-4-5-19-35-25-16-10-22(11-17-25)28(31)34-24-14-8-21(9-15-24)27(30)33-23-12-6-20(2)7-13-23/h3,6-17H,1,4-5,18-19H2,2H3. The molecule has 3 aromatic rings. The van der Waals surface area contributed by atoms with E-state index in [4.69, 9.17) is 14.2 Å². The zero-order valence-corrected chi connectivity index (χ0v) is 20.2. The highest BCUT2D eigenvalue weighted by atomic mass is 32.2. The fraction of sp³-hybridized carbons (Fsp3) is 0.179. The summed E-state index contributed by atoms with van der Waals surface area (Å²) in [5.41, 5.74) is 1.85. The van der Waals surface area contributed by atoms with Crippen LogP contribution in [0.4, 0.5) is 0 Å². The molecule has 0 aromatic heterocycles. The normalized spacial score (nSPS) is 10.3. The van der Waals surface area contributed by atoms with Crippen molar-refractivity contribution in [3.63, 3.8) is 0 Å². The number of thioether (sulfide) groups is 1. The average Bonchev–Trinajstić information content (AvgIpc) is 2.88. The van der Waals surface area contributed by atoms with Crippen molar-refractivity contribution in [2.75, 3.05) is 12.4 Å². The van der Waals surface area contributed by atoms with Crippen molar-refractivity contribution in [2.45, 2.75) is 24.7 Å². The summed E-state index contributed by atoms with van der Waals surface area (Å²) in [6, 6.07) is 20.6. The van der Waals surface area contributed by atoms with Crippen LogP contribution in [0.2, 0.25) is 0 Å². The summed E-state index contributed by atoms with van der Waals surface area (Å²) in [4.78, 5) is 36.8. The molecule has 0 aliphatic heterocycles. The minimum absolute atomic E-state index is 0.331. The van der Waals surface area contributed by atoms with E-state index >= 15 is 0 Å². The number of hydrogen-bond acceptors (Lipinski definition) is 7. The van der Waals surface area contributed by atoms with Crippen molar-refractivity contribution in [1.29, 1.82) is 0 Å². The van der Waals surface area contributed by atoms with E-state index in [1.807, 2.05) is 31.2 Å². The zero-order valence-electron chi connectivity index (χ0n) is 19.4. The Morgan fingerprint density at radius 3 is 1.83 bits per heavy atom. The monoisotopic (exact) mass is 490 g/mol. The third-order valence-corrected chi connectivity index (χ3v) is 5.94. The Labute approximate surface area is 208 Å². The Morgan fingerprint density at radius 2 is 1.29 bits per heavy atom. The highest BCUT2D eigenvalue weighted by Crippen LogP contribution is 2.21. The molecule has 0 aliphatic carbocycles. The van der Waals surface area contributed by atoms with Crippen molar-refractivity contribution in [1.82, 2.24) is 0 Å². The molecule has 3 rings (SSSR count). The third kappa shape index (κ3) is 8.46. The number of hydrogen-bond donors (Lipinski definition) is 0. The number of benzene rings is 3. The number of rotatable bonds is 11. The van der Waals surface area contributed by atoms with E-state index in [1.165, 1.54) is 0 Å². The molecule has 0 radical (unpaired) electrons. The van der Waals surface area contributed by atoms with Gasteiger partial charge in [-0.1, -0.05) is 24.3 Å². The number of carbonyl (C=O) groups is 3. The lowest BCUT2D eigenvalue weighted by Gasteiger charge is -2.07. The van der Waals surface area contributed by atoms with Gasteiger partial charge < -0.3 is 14.2 Å². The minimum Gasteiger partial charge on any atom is -0.463 e. The maximum absolute atomic E-state index is 12.5. The summed E-state index contributed by atoms with van der Waals surface area (Å²) >= 11 is 1.66. The molecule has 0 spiro atoms. The lowest BCUT2D eigenvalue weighted by molar-refractivity contribution is -0.137. The van der Waals surface area contributed by atoms with Crippen molar-refractivity contribution < 1.29 is 28.6 Å². The van der Waals surface area contributed by atoms with Crippen LogP contribution in [0.25, 0.3) is 0 Å². The summed E-state index contributed by atoms with van der Waals surface area (Å²) in [5, 5.41) is 0. The first kappa shape index (κ1) is 25.8. The Bertz CT molecular complexity index is 1150. The van der Waals surface area contributed by atoms with Gasteiger partial charge in [0.2, 0.25) is 0 Å².